The van der Waals surface area contributed by atoms with Crippen LogP contribution in [0.1, 0.15) is 11.1 Å². The second-order valence-electron chi connectivity index (χ2n) is 5.01. The lowest BCUT2D eigenvalue weighted by molar-refractivity contribution is -0.117. The molecule has 0 bridgehead atoms. The van der Waals surface area contributed by atoms with Gasteiger partial charge in [0.15, 0.2) is 0 Å². The van der Waals surface area contributed by atoms with Gasteiger partial charge in [-0.25, -0.2) is 0 Å². The first-order valence-corrected chi connectivity index (χ1v) is 7.60. The van der Waals surface area contributed by atoms with Gasteiger partial charge in [-0.05, 0) is 35.4 Å². The molecule has 0 aliphatic rings. The van der Waals surface area contributed by atoms with E-state index in [0.717, 1.165) is 26.5 Å². The molecule has 1 aromatic heterocycles. The maximum Gasteiger partial charge on any atom is 0.141 e. The largest absolute Gasteiger partial charge is 0.299 e. The van der Waals surface area contributed by atoms with Crippen molar-refractivity contribution in [3.05, 3.63) is 76.4 Å². The molecule has 0 fully saturated rings. The van der Waals surface area contributed by atoms with E-state index in [1.54, 1.807) is 6.20 Å². The normalized spacial score (nSPS) is 10.7. The maximum absolute atomic E-state index is 12.3. The van der Waals surface area contributed by atoms with Gasteiger partial charge in [0.05, 0.1) is 5.52 Å². The molecule has 104 valence electrons. The first kappa shape index (κ1) is 14.0. The smallest absolute Gasteiger partial charge is 0.141 e. The summed E-state index contributed by atoms with van der Waals surface area (Å²) in [6.45, 7) is 0. The lowest BCUT2D eigenvalue weighted by Gasteiger charge is -2.06. The van der Waals surface area contributed by atoms with Crippen LogP contribution in [0.5, 0.6) is 0 Å². The number of ketones is 1. The Hall–Kier alpha value is -2.00. The summed E-state index contributed by atoms with van der Waals surface area (Å²) in [4.78, 5) is 16.6. The molecule has 3 heteroatoms. The van der Waals surface area contributed by atoms with Crippen LogP contribution < -0.4 is 0 Å². The minimum atomic E-state index is 0.216. The SMILES string of the molecule is O=C(Cc1ccc(Br)cc1)Cc1ccnc2ccccc12. The minimum Gasteiger partial charge on any atom is -0.299 e. The number of benzene rings is 2. The highest BCUT2D eigenvalue weighted by molar-refractivity contribution is 9.10. The van der Waals surface area contributed by atoms with E-state index in [-0.39, 0.29) is 5.78 Å². The fraction of sp³-hybridized carbons (Fsp3) is 0.111. The number of carbonyl (C=O) groups excluding carboxylic acids is 1. The Bertz CT molecular complexity index is 775. The molecule has 0 unspecified atom stereocenters. The van der Waals surface area contributed by atoms with Gasteiger partial charge < -0.3 is 0 Å². The fourth-order valence-corrected chi connectivity index (χ4v) is 2.68. The van der Waals surface area contributed by atoms with Gasteiger partial charge in [0.25, 0.3) is 0 Å². The molecule has 0 aliphatic heterocycles. The molecule has 0 spiro atoms. The van der Waals surface area contributed by atoms with Crippen LogP contribution >= 0.6 is 15.9 Å². The third-order valence-electron chi connectivity index (χ3n) is 3.44. The maximum atomic E-state index is 12.3. The van der Waals surface area contributed by atoms with Gasteiger partial charge in [0, 0.05) is 28.9 Å². The van der Waals surface area contributed by atoms with Crippen LogP contribution in [0, 0.1) is 0 Å². The van der Waals surface area contributed by atoms with E-state index >= 15 is 0 Å². The van der Waals surface area contributed by atoms with E-state index in [1.807, 2.05) is 54.6 Å². The van der Waals surface area contributed by atoms with Crippen LogP contribution in [0.2, 0.25) is 0 Å². The number of hydrogen-bond donors (Lipinski definition) is 0. The van der Waals surface area contributed by atoms with Crippen LogP contribution in [-0.4, -0.2) is 10.8 Å². The Morgan fingerprint density at radius 1 is 0.952 bits per heavy atom. The number of pyridine rings is 1. The molecule has 0 saturated heterocycles. The highest BCUT2D eigenvalue weighted by Crippen LogP contribution is 2.18. The molecule has 0 N–H and O–H groups in total. The second-order valence-corrected chi connectivity index (χ2v) is 5.92. The molecule has 3 rings (SSSR count). The van der Waals surface area contributed by atoms with Gasteiger partial charge in [0.1, 0.15) is 5.78 Å². The first-order valence-electron chi connectivity index (χ1n) is 6.81. The predicted octanol–water partition coefficient (Wildman–Crippen LogP) is 4.35. The number of carbonyl (C=O) groups is 1. The van der Waals surface area contributed by atoms with E-state index in [2.05, 4.69) is 20.9 Å². The van der Waals surface area contributed by atoms with E-state index in [0.29, 0.717) is 12.8 Å². The lowest BCUT2D eigenvalue weighted by atomic mass is 10.0. The van der Waals surface area contributed by atoms with Crippen molar-refractivity contribution in [1.82, 2.24) is 4.98 Å². The van der Waals surface area contributed by atoms with Crippen molar-refractivity contribution in [3.63, 3.8) is 0 Å². The summed E-state index contributed by atoms with van der Waals surface area (Å²) in [6, 6.07) is 17.7. The standard InChI is InChI=1S/C18H14BrNO/c19-15-7-5-13(6-8-15)11-16(21)12-14-9-10-20-18-4-2-1-3-17(14)18/h1-10H,11-12H2. The van der Waals surface area contributed by atoms with Crippen LogP contribution in [-0.2, 0) is 17.6 Å². The number of hydrogen-bond acceptors (Lipinski definition) is 2. The molecule has 2 nitrogen and oxygen atoms in total. The molecule has 1 heterocycles. The van der Waals surface area contributed by atoms with Crippen molar-refractivity contribution in [3.8, 4) is 0 Å². The zero-order valence-corrected chi connectivity index (χ0v) is 13.0. The third-order valence-corrected chi connectivity index (χ3v) is 3.97. The highest BCUT2D eigenvalue weighted by atomic mass is 79.9. The molecule has 0 atom stereocenters. The van der Waals surface area contributed by atoms with Crippen LogP contribution in [0.15, 0.2) is 65.3 Å². The van der Waals surface area contributed by atoms with Crippen LogP contribution in [0.25, 0.3) is 10.9 Å². The van der Waals surface area contributed by atoms with Crippen molar-refractivity contribution >= 4 is 32.6 Å². The zero-order valence-electron chi connectivity index (χ0n) is 11.4. The molecular weight excluding hydrogens is 326 g/mol. The van der Waals surface area contributed by atoms with Crippen molar-refractivity contribution in [2.75, 3.05) is 0 Å². The molecule has 0 amide bonds. The number of rotatable bonds is 4. The average Bonchev–Trinajstić information content (AvgIpc) is 2.50. The van der Waals surface area contributed by atoms with Gasteiger partial charge in [-0.3, -0.25) is 9.78 Å². The van der Waals surface area contributed by atoms with Crippen molar-refractivity contribution in [2.45, 2.75) is 12.8 Å². The number of halogens is 1. The van der Waals surface area contributed by atoms with E-state index in [9.17, 15) is 4.79 Å². The van der Waals surface area contributed by atoms with Gasteiger partial charge >= 0.3 is 0 Å². The number of fused-ring (bicyclic) bond motifs is 1. The molecule has 0 aliphatic carbocycles. The average molecular weight is 340 g/mol. The Balaban J connectivity index is 1.79. The molecule has 2 aromatic carbocycles. The van der Waals surface area contributed by atoms with Gasteiger partial charge in [-0.2, -0.15) is 0 Å². The predicted molar refractivity (Wildman–Crippen MR) is 88.3 cm³/mol. The van der Waals surface area contributed by atoms with E-state index in [4.69, 9.17) is 0 Å². The van der Waals surface area contributed by atoms with Gasteiger partial charge in [-0.1, -0.05) is 46.3 Å². The van der Waals surface area contributed by atoms with Crippen molar-refractivity contribution in [1.29, 1.82) is 0 Å². The van der Waals surface area contributed by atoms with Crippen LogP contribution in [0.3, 0.4) is 0 Å². The Labute approximate surface area is 132 Å². The second kappa shape index (κ2) is 6.19. The van der Waals surface area contributed by atoms with Gasteiger partial charge in [-0.15, -0.1) is 0 Å². The quantitative estimate of drug-likeness (QED) is 0.707. The highest BCUT2D eigenvalue weighted by Gasteiger charge is 2.08. The number of para-hydroxylation sites is 1. The number of aromatic nitrogens is 1. The summed E-state index contributed by atoms with van der Waals surface area (Å²) in [5, 5.41) is 1.06. The van der Waals surface area contributed by atoms with E-state index in [1.165, 1.54) is 0 Å². The summed E-state index contributed by atoms with van der Waals surface area (Å²) in [6.07, 6.45) is 2.67. The van der Waals surface area contributed by atoms with Crippen LogP contribution in [0.4, 0.5) is 0 Å². The minimum absolute atomic E-state index is 0.216. The summed E-state index contributed by atoms with van der Waals surface area (Å²) in [7, 11) is 0. The number of nitrogens with zero attached hydrogens (tertiary/aromatic N) is 1. The van der Waals surface area contributed by atoms with Gasteiger partial charge in [0.2, 0.25) is 0 Å². The third kappa shape index (κ3) is 3.37. The fourth-order valence-electron chi connectivity index (χ4n) is 2.41. The summed E-state index contributed by atoms with van der Waals surface area (Å²) < 4.78 is 1.03. The monoisotopic (exact) mass is 339 g/mol. The molecule has 3 aromatic rings. The van der Waals surface area contributed by atoms with Crippen molar-refractivity contribution in [2.24, 2.45) is 0 Å². The lowest BCUT2D eigenvalue weighted by Crippen LogP contribution is -2.07. The molecule has 0 radical (unpaired) electrons. The molecule has 0 saturated carbocycles. The molecule has 21 heavy (non-hydrogen) atoms. The molecular formula is C18H14BrNO. The Morgan fingerprint density at radius 3 is 2.52 bits per heavy atom. The summed E-state index contributed by atoms with van der Waals surface area (Å²) >= 11 is 3.40. The Kier molecular flexibility index (Phi) is 4.11. The Morgan fingerprint density at radius 2 is 1.71 bits per heavy atom. The van der Waals surface area contributed by atoms with E-state index < -0.39 is 0 Å². The first-order chi connectivity index (χ1) is 10.2. The number of Topliss-reactive ketones (excluding diaryl/α,β-unsaturated/α-hetero) is 1. The zero-order chi connectivity index (χ0) is 14.7. The topological polar surface area (TPSA) is 30.0 Å². The summed E-state index contributed by atoms with van der Waals surface area (Å²) in [5.74, 6) is 0.216. The summed E-state index contributed by atoms with van der Waals surface area (Å²) in [5.41, 5.74) is 3.02. The van der Waals surface area contributed by atoms with Crippen molar-refractivity contribution < 1.29 is 4.79 Å².